The standard InChI is InChI=1S/C11H16ClNS/c1-3-6-14-9-4-5-10(8(2)13)11(12)7-9/h4-5,7-8H,3,6,13H2,1-2H3. The van der Waals surface area contributed by atoms with Crippen LogP contribution in [0.4, 0.5) is 0 Å². The predicted octanol–water partition coefficient (Wildman–Crippen LogP) is 3.86. The summed E-state index contributed by atoms with van der Waals surface area (Å²) in [4.78, 5) is 1.22. The highest BCUT2D eigenvalue weighted by molar-refractivity contribution is 7.99. The first-order chi connectivity index (χ1) is 6.65. The molecule has 1 atom stereocenters. The van der Waals surface area contributed by atoms with Gasteiger partial charge in [-0.1, -0.05) is 24.6 Å². The van der Waals surface area contributed by atoms with E-state index in [-0.39, 0.29) is 6.04 Å². The van der Waals surface area contributed by atoms with Crippen molar-refractivity contribution < 1.29 is 0 Å². The van der Waals surface area contributed by atoms with Crippen molar-refractivity contribution in [3.8, 4) is 0 Å². The molecule has 0 aliphatic rings. The van der Waals surface area contributed by atoms with Crippen LogP contribution in [0.1, 0.15) is 31.9 Å². The van der Waals surface area contributed by atoms with Crippen LogP contribution >= 0.6 is 23.4 Å². The second-order valence-corrected chi connectivity index (χ2v) is 4.90. The van der Waals surface area contributed by atoms with Gasteiger partial charge in [0.1, 0.15) is 0 Å². The van der Waals surface area contributed by atoms with Gasteiger partial charge in [0.2, 0.25) is 0 Å². The number of nitrogens with two attached hydrogens (primary N) is 1. The number of rotatable bonds is 4. The van der Waals surface area contributed by atoms with E-state index in [1.165, 1.54) is 11.3 Å². The molecule has 0 aromatic heterocycles. The van der Waals surface area contributed by atoms with E-state index in [1.54, 1.807) is 0 Å². The zero-order chi connectivity index (χ0) is 10.6. The molecule has 0 saturated heterocycles. The third-order valence-electron chi connectivity index (χ3n) is 1.94. The van der Waals surface area contributed by atoms with Crippen molar-refractivity contribution in [3.63, 3.8) is 0 Å². The number of halogens is 1. The van der Waals surface area contributed by atoms with Gasteiger partial charge < -0.3 is 5.73 Å². The molecule has 1 aromatic rings. The normalized spacial score (nSPS) is 12.9. The van der Waals surface area contributed by atoms with E-state index in [4.69, 9.17) is 17.3 Å². The van der Waals surface area contributed by atoms with E-state index in [1.807, 2.05) is 30.8 Å². The Bertz CT molecular complexity index is 299. The van der Waals surface area contributed by atoms with Gasteiger partial charge in [-0.05, 0) is 36.8 Å². The maximum Gasteiger partial charge on any atom is 0.0464 e. The smallest absolute Gasteiger partial charge is 0.0464 e. The third kappa shape index (κ3) is 3.19. The third-order valence-corrected chi connectivity index (χ3v) is 3.46. The van der Waals surface area contributed by atoms with Crippen LogP contribution in [0.2, 0.25) is 5.02 Å². The van der Waals surface area contributed by atoms with E-state index in [0.717, 1.165) is 16.3 Å². The van der Waals surface area contributed by atoms with Crippen molar-refractivity contribution in [3.05, 3.63) is 28.8 Å². The van der Waals surface area contributed by atoms with E-state index in [2.05, 4.69) is 13.0 Å². The molecule has 0 aliphatic carbocycles. The lowest BCUT2D eigenvalue weighted by molar-refractivity contribution is 0.817. The fourth-order valence-corrected chi connectivity index (χ4v) is 2.41. The molecule has 0 saturated carbocycles. The van der Waals surface area contributed by atoms with Gasteiger partial charge in [-0.3, -0.25) is 0 Å². The topological polar surface area (TPSA) is 26.0 Å². The largest absolute Gasteiger partial charge is 0.324 e. The molecule has 1 nitrogen and oxygen atoms in total. The Labute approximate surface area is 95.0 Å². The molecule has 0 radical (unpaired) electrons. The Balaban J connectivity index is 2.78. The van der Waals surface area contributed by atoms with Gasteiger partial charge in [-0.15, -0.1) is 11.8 Å². The summed E-state index contributed by atoms with van der Waals surface area (Å²) in [6.07, 6.45) is 1.18. The Morgan fingerprint density at radius 3 is 2.71 bits per heavy atom. The number of hydrogen-bond donors (Lipinski definition) is 1. The highest BCUT2D eigenvalue weighted by Gasteiger charge is 2.05. The number of thioether (sulfide) groups is 1. The Kier molecular flexibility index (Phi) is 4.79. The van der Waals surface area contributed by atoms with E-state index < -0.39 is 0 Å². The second kappa shape index (κ2) is 5.64. The molecule has 3 heteroatoms. The molecular formula is C11H16ClNS. The lowest BCUT2D eigenvalue weighted by Gasteiger charge is -2.09. The molecule has 0 heterocycles. The maximum absolute atomic E-state index is 6.11. The maximum atomic E-state index is 6.11. The average Bonchev–Trinajstić information content (AvgIpc) is 2.14. The van der Waals surface area contributed by atoms with Gasteiger partial charge in [0, 0.05) is 16.0 Å². The molecule has 78 valence electrons. The van der Waals surface area contributed by atoms with Crippen LogP contribution in [-0.4, -0.2) is 5.75 Å². The quantitative estimate of drug-likeness (QED) is 0.794. The van der Waals surface area contributed by atoms with E-state index in [0.29, 0.717) is 0 Å². The van der Waals surface area contributed by atoms with Crippen LogP contribution in [-0.2, 0) is 0 Å². The van der Waals surface area contributed by atoms with Crippen molar-refractivity contribution in [2.45, 2.75) is 31.2 Å². The molecule has 0 fully saturated rings. The summed E-state index contributed by atoms with van der Waals surface area (Å²) in [5.74, 6) is 1.13. The predicted molar refractivity (Wildman–Crippen MR) is 65.1 cm³/mol. The molecule has 0 spiro atoms. The minimum Gasteiger partial charge on any atom is -0.324 e. The van der Waals surface area contributed by atoms with E-state index >= 15 is 0 Å². The highest BCUT2D eigenvalue weighted by atomic mass is 35.5. The SMILES string of the molecule is CCCSc1ccc(C(C)N)c(Cl)c1. The summed E-state index contributed by atoms with van der Waals surface area (Å²) in [6, 6.07) is 6.11. The van der Waals surface area contributed by atoms with Gasteiger partial charge in [-0.2, -0.15) is 0 Å². The van der Waals surface area contributed by atoms with Crippen LogP contribution in [0.3, 0.4) is 0 Å². The molecule has 2 N–H and O–H groups in total. The summed E-state index contributed by atoms with van der Waals surface area (Å²) in [5.41, 5.74) is 6.79. The Hall–Kier alpha value is -0.180. The summed E-state index contributed by atoms with van der Waals surface area (Å²) in [7, 11) is 0. The zero-order valence-corrected chi connectivity index (χ0v) is 10.2. The van der Waals surface area contributed by atoms with Crippen LogP contribution in [0.5, 0.6) is 0 Å². The zero-order valence-electron chi connectivity index (χ0n) is 8.59. The van der Waals surface area contributed by atoms with Crippen molar-refractivity contribution in [2.75, 3.05) is 5.75 Å². The molecule has 14 heavy (non-hydrogen) atoms. The minimum atomic E-state index is 0.00715. The monoisotopic (exact) mass is 229 g/mol. The molecule has 1 unspecified atom stereocenters. The summed E-state index contributed by atoms with van der Waals surface area (Å²) >= 11 is 7.94. The Morgan fingerprint density at radius 1 is 1.50 bits per heavy atom. The van der Waals surface area contributed by atoms with Crippen LogP contribution < -0.4 is 5.73 Å². The van der Waals surface area contributed by atoms with Crippen molar-refractivity contribution in [2.24, 2.45) is 5.73 Å². The van der Waals surface area contributed by atoms with Gasteiger partial charge in [0.05, 0.1) is 0 Å². The fourth-order valence-electron chi connectivity index (χ4n) is 1.19. The van der Waals surface area contributed by atoms with Crippen LogP contribution in [0.15, 0.2) is 23.1 Å². The summed E-state index contributed by atoms with van der Waals surface area (Å²) in [6.45, 7) is 4.12. The van der Waals surface area contributed by atoms with Crippen molar-refractivity contribution in [1.82, 2.24) is 0 Å². The Morgan fingerprint density at radius 2 is 2.21 bits per heavy atom. The van der Waals surface area contributed by atoms with Crippen LogP contribution in [0.25, 0.3) is 0 Å². The molecule has 0 amide bonds. The van der Waals surface area contributed by atoms with Gasteiger partial charge in [0.25, 0.3) is 0 Å². The average molecular weight is 230 g/mol. The molecule has 1 aromatic carbocycles. The first-order valence-corrected chi connectivity index (χ1v) is 6.19. The minimum absolute atomic E-state index is 0.00715. The summed E-state index contributed by atoms with van der Waals surface area (Å²) < 4.78 is 0. The van der Waals surface area contributed by atoms with Crippen LogP contribution in [0, 0.1) is 0 Å². The second-order valence-electron chi connectivity index (χ2n) is 3.32. The molecular weight excluding hydrogens is 214 g/mol. The van der Waals surface area contributed by atoms with Gasteiger partial charge in [-0.25, -0.2) is 0 Å². The van der Waals surface area contributed by atoms with Crippen molar-refractivity contribution >= 4 is 23.4 Å². The lowest BCUT2D eigenvalue weighted by Crippen LogP contribution is -2.05. The fraction of sp³-hybridized carbons (Fsp3) is 0.455. The molecule has 1 rings (SSSR count). The molecule has 0 bridgehead atoms. The lowest BCUT2D eigenvalue weighted by atomic mass is 10.1. The first-order valence-electron chi connectivity index (χ1n) is 4.83. The highest BCUT2D eigenvalue weighted by Crippen LogP contribution is 2.27. The van der Waals surface area contributed by atoms with Gasteiger partial charge in [0.15, 0.2) is 0 Å². The molecule has 0 aliphatic heterocycles. The first kappa shape index (κ1) is 11.9. The number of benzene rings is 1. The number of hydrogen-bond acceptors (Lipinski definition) is 2. The van der Waals surface area contributed by atoms with E-state index in [9.17, 15) is 0 Å². The summed E-state index contributed by atoms with van der Waals surface area (Å²) in [5, 5.41) is 0.779. The van der Waals surface area contributed by atoms with Gasteiger partial charge >= 0.3 is 0 Å². The van der Waals surface area contributed by atoms with Crippen molar-refractivity contribution in [1.29, 1.82) is 0 Å².